The molecule has 1 heterocycles. The predicted octanol–water partition coefficient (Wildman–Crippen LogP) is 1.93. The van der Waals surface area contributed by atoms with Crippen molar-refractivity contribution in [3.63, 3.8) is 0 Å². The van der Waals surface area contributed by atoms with E-state index >= 15 is 0 Å². The number of ketones is 1. The highest BCUT2D eigenvalue weighted by Crippen LogP contribution is 2.30. The van der Waals surface area contributed by atoms with Crippen LogP contribution in [0.25, 0.3) is 0 Å². The van der Waals surface area contributed by atoms with Crippen LogP contribution >= 0.6 is 15.9 Å². The molecule has 0 bridgehead atoms. The second kappa shape index (κ2) is 3.77. The summed E-state index contributed by atoms with van der Waals surface area (Å²) in [6.07, 6.45) is 0.813. The summed E-state index contributed by atoms with van der Waals surface area (Å²) in [6.45, 7) is 1.91. The molecule has 0 N–H and O–H groups in total. The van der Waals surface area contributed by atoms with Gasteiger partial charge in [-0.05, 0) is 30.2 Å². The number of amides is 1. The first kappa shape index (κ1) is 10.4. The van der Waals surface area contributed by atoms with Gasteiger partial charge in [0.25, 0.3) is 5.91 Å². The van der Waals surface area contributed by atoms with Gasteiger partial charge in [-0.2, -0.15) is 0 Å². The van der Waals surface area contributed by atoms with E-state index in [0.717, 1.165) is 22.1 Å². The number of fused-ring (bicyclic) bond motifs is 1. The standard InChI is InChI=1S/C11H10BrNO2/c1-7(14)11(15)13-5-4-8-6-9(12)2-3-10(8)13/h2-3,6H,4-5H2,1H3. The van der Waals surface area contributed by atoms with Gasteiger partial charge in [-0.25, -0.2) is 0 Å². The number of anilines is 1. The molecule has 1 aromatic carbocycles. The Morgan fingerprint density at radius 3 is 2.80 bits per heavy atom. The SMILES string of the molecule is CC(=O)C(=O)N1CCc2cc(Br)ccc21. The lowest BCUT2D eigenvalue weighted by Crippen LogP contribution is -2.33. The van der Waals surface area contributed by atoms with Crippen LogP contribution in [-0.2, 0) is 16.0 Å². The molecule has 1 aliphatic heterocycles. The maximum atomic E-state index is 11.6. The second-order valence-electron chi connectivity index (χ2n) is 3.54. The van der Waals surface area contributed by atoms with Crippen molar-refractivity contribution in [2.24, 2.45) is 0 Å². The van der Waals surface area contributed by atoms with E-state index in [1.54, 1.807) is 4.90 Å². The summed E-state index contributed by atoms with van der Waals surface area (Å²) in [5, 5.41) is 0. The van der Waals surface area contributed by atoms with E-state index in [2.05, 4.69) is 15.9 Å². The van der Waals surface area contributed by atoms with Gasteiger partial charge in [0.05, 0.1) is 0 Å². The van der Waals surface area contributed by atoms with E-state index in [-0.39, 0.29) is 0 Å². The lowest BCUT2D eigenvalue weighted by molar-refractivity contribution is -0.134. The quantitative estimate of drug-likeness (QED) is 0.730. The fourth-order valence-electron chi connectivity index (χ4n) is 1.77. The molecule has 0 spiro atoms. The van der Waals surface area contributed by atoms with Crippen molar-refractivity contribution in [3.05, 3.63) is 28.2 Å². The average molecular weight is 268 g/mol. The highest BCUT2D eigenvalue weighted by molar-refractivity contribution is 9.10. The maximum absolute atomic E-state index is 11.6. The Kier molecular flexibility index (Phi) is 2.61. The van der Waals surface area contributed by atoms with Crippen molar-refractivity contribution in [3.8, 4) is 0 Å². The van der Waals surface area contributed by atoms with Gasteiger partial charge in [0.2, 0.25) is 5.78 Å². The molecule has 4 heteroatoms. The predicted molar refractivity (Wildman–Crippen MR) is 60.9 cm³/mol. The smallest absolute Gasteiger partial charge is 0.294 e. The summed E-state index contributed by atoms with van der Waals surface area (Å²) in [5.74, 6) is -0.832. The number of carbonyl (C=O) groups excluding carboxylic acids is 2. The van der Waals surface area contributed by atoms with Crippen molar-refractivity contribution >= 4 is 33.3 Å². The first-order valence-corrected chi connectivity index (χ1v) is 5.50. The molecule has 2 rings (SSSR count). The van der Waals surface area contributed by atoms with Gasteiger partial charge >= 0.3 is 0 Å². The van der Waals surface area contributed by atoms with Crippen LogP contribution in [0.3, 0.4) is 0 Å². The Labute approximate surface area is 96.2 Å². The van der Waals surface area contributed by atoms with Crippen molar-refractivity contribution in [2.45, 2.75) is 13.3 Å². The molecule has 0 aromatic heterocycles. The molecule has 0 aliphatic carbocycles. The summed E-state index contributed by atoms with van der Waals surface area (Å²) in [6, 6.07) is 5.74. The molecule has 0 radical (unpaired) electrons. The zero-order chi connectivity index (χ0) is 11.0. The Morgan fingerprint density at radius 2 is 2.13 bits per heavy atom. The summed E-state index contributed by atoms with van der Waals surface area (Å²) in [7, 11) is 0. The molecule has 1 amide bonds. The largest absolute Gasteiger partial charge is 0.305 e. The van der Waals surface area contributed by atoms with Crippen LogP contribution in [0.5, 0.6) is 0 Å². The van der Waals surface area contributed by atoms with Crippen molar-refractivity contribution in [2.75, 3.05) is 11.4 Å². The molecule has 78 valence electrons. The number of hydrogen-bond acceptors (Lipinski definition) is 2. The molecular weight excluding hydrogens is 258 g/mol. The van der Waals surface area contributed by atoms with E-state index in [1.807, 2.05) is 18.2 Å². The van der Waals surface area contributed by atoms with Crippen LogP contribution in [-0.4, -0.2) is 18.2 Å². The number of benzene rings is 1. The van der Waals surface area contributed by atoms with Crippen molar-refractivity contribution in [1.82, 2.24) is 0 Å². The summed E-state index contributed by atoms with van der Waals surface area (Å²) in [4.78, 5) is 24.1. The molecule has 0 saturated carbocycles. The highest BCUT2D eigenvalue weighted by atomic mass is 79.9. The van der Waals surface area contributed by atoms with Gasteiger partial charge in [-0.1, -0.05) is 15.9 Å². The van der Waals surface area contributed by atoms with Crippen LogP contribution < -0.4 is 4.90 Å². The Hall–Kier alpha value is -1.16. The molecular formula is C11H10BrNO2. The molecule has 0 saturated heterocycles. The monoisotopic (exact) mass is 267 g/mol. The molecule has 15 heavy (non-hydrogen) atoms. The Balaban J connectivity index is 2.37. The third-order valence-electron chi connectivity index (χ3n) is 2.48. The van der Waals surface area contributed by atoms with Gasteiger partial charge in [0, 0.05) is 23.6 Å². The van der Waals surface area contributed by atoms with Crippen LogP contribution in [0.1, 0.15) is 12.5 Å². The Bertz CT molecular complexity index is 442. The number of Topliss-reactive ketones (excluding diaryl/α,β-unsaturated/α-hetero) is 1. The van der Waals surface area contributed by atoms with Gasteiger partial charge in [-0.15, -0.1) is 0 Å². The second-order valence-corrected chi connectivity index (χ2v) is 4.45. The number of nitrogens with zero attached hydrogens (tertiary/aromatic N) is 1. The third kappa shape index (κ3) is 1.81. The van der Waals surface area contributed by atoms with E-state index in [0.29, 0.717) is 6.54 Å². The normalized spacial score (nSPS) is 13.9. The van der Waals surface area contributed by atoms with E-state index in [4.69, 9.17) is 0 Å². The van der Waals surface area contributed by atoms with E-state index < -0.39 is 11.7 Å². The topological polar surface area (TPSA) is 37.4 Å². The van der Waals surface area contributed by atoms with Crippen LogP contribution in [0.15, 0.2) is 22.7 Å². The third-order valence-corrected chi connectivity index (χ3v) is 2.98. The highest BCUT2D eigenvalue weighted by Gasteiger charge is 2.26. The molecule has 0 fully saturated rings. The van der Waals surface area contributed by atoms with Gasteiger partial charge < -0.3 is 4.90 Å². The number of carbonyl (C=O) groups is 2. The zero-order valence-electron chi connectivity index (χ0n) is 8.29. The lowest BCUT2D eigenvalue weighted by atomic mass is 10.2. The van der Waals surface area contributed by atoms with Gasteiger partial charge in [-0.3, -0.25) is 9.59 Å². The molecule has 0 atom stereocenters. The van der Waals surface area contributed by atoms with Crippen molar-refractivity contribution in [1.29, 1.82) is 0 Å². The summed E-state index contributed by atoms with van der Waals surface area (Å²) in [5.41, 5.74) is 1.97. The van der Waals surface area contributed by atoms with Gasteiger partial charge in [0.1, 0.15) is 0 Å². The first-order valence-electron chi connectivity index (χ1n) is 4.70. The Morgan fingerprint density at radius 1 is 1.40 bits per heavy atom. The summed E-state index contributed by atoms with van der Waals surface area (Å²) < 4.78 is 0.998. The van der Waals surface area contributed by atoms with Crippen LogP contribution in [0, 0.1) is 0 Å². The molecule has 3 nitrogen and oxygen atoms in total. The molecule has 1 aliphatic rings. The number of rotatable bonds is 1. The van der Waals surface area contributed by atoms with E-state index in [1.165, 1.54) is 6.92 Å². The zero-order valence-corrected chi connectivity index (χ0v) is 9.87. The average Bonchev–Trinajstić information content (AvgIpc) is 2.59. The van der Waals surface area contributed by atoms with Gasteiger partial charge in [0.15, 0.2) is 0 Å². The minimum absolute atomic E-state index is 0.411. The van der Waals surface area contributed by atoms with Crippen molar-refractivity contribution < 1.29 is 9.59 Å². The molecule has 0 unspecified atom stereocenters. The first-order chi connectivity index (χ1) is 7.09. The minimum atomic E-state index is -0.420. The maximum Gasteiger partial charge on any atom is 0.294 e. The lowest BCUT2D eigenvalue weighted by Gasteiger charge is -2.15. The van der Waals surface area contributed by atoms with Crippen LogP contribution in [0.2, 0.25) is 0 Å². The minimum Gasteiger partial charge on any atom is -0.305 e. The fraction of sp³-hybridized carbons (Fsp3) is 0.273. The summed E-state index contributed by atoms with van der Waals surface area (Å²) >= 11 is 3.38. The molecule has 1 aromatic rings. The number of halogens is 1. The van der Waals surface area contributed by atoms with E-state index in [9.17, 15) is 9.59 Å². The number of hydrogen-bond donors (Lipinski definition) is 0. The fourth-order valence-corrected chi connectivity index (χ4v) is 2.18. The van der Waals surface area contributed by atoms with Crippen LogP contribution in [0.4, 0.5) is 5.69 Å².